The fourth-order valence-electron chi connectivity index (χ4n) is 1.94. The lowest BCUT2D eigenvalue weighted by molar-refractivity contribution is 0.553. The predicted molar refractivity (Wildman–Crippen MR) is 67.9 cm³/mol. The molecule has 0 fully saturated rings. The van der Waals surface area contributed by atoms with Crippen LogP contribution in [0.2, 0.25) is 5.02 Å². The Balaban J connectivity index is 2.06. The summed E-state index contributed by atoms with van der Waals surface area (Å²) in [6.45, 7) is 2.23. The minimum atomic E-state index is 0.579. The van der Waals surface area contributed by atoms with Crippen molar-refractivity contribution in [3.05, 3.63) is 28.8 Å². The molecule has 1 aliphatic rings. The van der Waals surface area contributed by atoms with E-state index in [1.54, 1.807) is 0 Å². The number of benzene rings is 1. The van der Waals surface area contributed by atoms with Crippen molar-refractivity contribution in [2.45, 2.75) is 36.0 Å². The molecule has 2 atom stereocenters. The van der Waals surface area contributed by atoms with E-state index in [0.717, 1.165) is 11.4 Å². The first kappa shape index (κ1) is 11.3. The summed E-state index contributed by atoms with van der Waals surface area (Å²) in [5.74, 6) is 0. The third-order valence-corrected chi connectivity index (χ3v) is 4.59. The quantitative estimate of drug-likeness (QED) is 0.871. The second kappa shape index (κ2) is 4.77. The van der Waals surface area contributed by atoms with Crippen LogP contribution in [0, 0.1) is 0 Å². The molecule has 1 heterocycles. The van der Waals surface area contributed by atoms with E-state index >= 15 is 0 Å². The average Bonchev–Trinajstić information content (AvgIpc) is 2.62. The Kier molecular flexibility index (Phi) is 3.60. The third-order valence-electron chi connectivity index (χ3n) is 2.91. The van der Waals surface area contributed by atoms with E-state index in [4.69, 9.17) is 11.6 Å². The maximum atomic E-state index is 6.18. The summed E-state index contributed by atoms with van der Waals surface area (Å²) in [5.41, 5.74) is 1.34. The van der Waals surface area contributed by atoms with Crippen molar-refractivity contribution in [1.82, 2.24) is 5.32 Å². The normalized spacial score (nSPS) is 21.4. The standard InChI is InChI=1S/C12H16ClNS/c1-8(14-2)6-9-7-10-11(13)4-3-5-12(10)15-9/h3-5,8-9,14H,6-7H2,1-2H3. The minimum absolute atomic E-state index is 0.579. The largest absolute Gasteiger partial charge is 0.317 e. The first-order valence-electron chi connectivity index (χ1n) is 5.32. The van der Waals surface area contributed by atoms with Gasteiger partial charge in [0.15, 0.2) is 0 Å². The van der Waals surface area contributed by atoms with Gasteiger partial charge in [0.1, 0.15) is 0 Å². The van der Waals surface area contributed by atoms with Crippen molar-refractivity contribution < 1.29 is 0 Å². The SMILES string of the molecule is CNC(C)CC1Cc2c(Cl)cccc2S1. The first-order valence-corrected chi connectivity index (χ1v) is 6.57. The molecule has 0 aliphatic carbocycles. The molecule has 0 saturated carbocycles. The zero-order valence-electron chi connectivity index (χ0n) is 9.09. The van der Waals surface area contributed by atoms with Gasteiger partial charge >= 0.3 is 0 Å². The number of fused-ring (bicyclic) bond motifs is 1. The molecule has 0 radical (unpaired) electrons. The third kappa shape index (κ3) is 2.49. The van der Waals surface area contributed by atoms with Gasteiger partial charge in [-0.2, -0.15) is 0 Å². The fraction of sp³-hybridized carbons (Fsp3) is 0.500. The summed E-state index contributed by atoms with van der Waals surface area (Å²) in [6, 6.07) is 6.79. The van der Waals surface area contributed by atoms with Gasteiger partial charge in [-0.15, -0.1) is 11.8 Å². The predicted octanol–water partition coefficient (Wildman–Crippen LogP) is 3.35. The van der Waals surface area contributed by atoms with Crippen LogP contribution in [0.4, 0.5) is 0 Å². The second-order valence-electron chi connectivity index (χ2n) is 4.09. The molecule has 1 aromatic rings. The maximum absolute atomic E-state index is 6.18. The smallest absolute Gasteiger partial charge is 0.0449 e. The molecule has 1 N–H and O–H groups in total. The van der Waals surface area contributed by atoms with E-state index in [9.17, 15) is 0 Å². The number of nitrogens with one attached hydrogen (secondary N) is 1. The molecule has 0 amide bonds. The second-order valence-corrected chi connectivity index (χ2v) is 5.84. The number of hydrogen-bond acceptors (Lipinski definition) is 2. The van der Waals surface area contributed by atoms with Crippen molar-refractivity contribution in [1.29, 1.82) is 0 Å². The van der Waals surface area contributed by atoms with Gasteiger partial charge in [-0.05, 0) is 44.5 Å². The van der Waals surface area contributed by atoms with Crippen molar-refractivity contribution in [3.8, 4) is 0 Å². The van der Waals surface area contributed by atoms with Crippen LogP contribution in [0.1, 0.15) is 18.9 Å². The van der Waals surface area contributed by atoms with E-state index in [2.05, 4.69) is 18.3 Å². The topological polar surface area (TPSA) is 12.0 Å². The summed E-state index contributed by atoms with van der Waals surface area (Å²) >= 11 is 8.15. The van der Waals surface area contributed by atoms with Gasteiger partial charge in [0, 0.05) is 21.2 Å². The highest BCUT2D eigenvalue weighted by atomic mass is 35.5. The van der Waals surface area contributed by atoms with Crippen LogP contribution in [-0.4, -0.2) is 18.3 Å². The van der Waals surface area contributed by atoms with Crippen molar-refractivity contribution in [3.63, 3.8) is 0 Å². The summed E-state index contributed by atoms with van der Waals surface area (Å²) in [4.78, 5) is 1.37. The first-order chi connectivity index (χ1) is 7.20. The monoisotopic (exact) mass is 241 g/mol. The summed E-state index contributed by atoms with van der Waals surface area (Å²) in [6.07, 6.45) is 2.32. The zero-order chi connectivity index (χ0) is 10.8. The van der Waals surface area contributed by atoms with Gasteiger partial charge in [-0.25, -0.2) is 0 Å². The van der Waals surface area contributed by atoms with Gasteiger partial charge < -0.3 is 5.32 Å². The average molecular weight is 242 g/mol. The van der Waals surface area contributed by atoms with Crippen LogP contribution in [0.3, 0.4) is 0 Å². The van der Waals surface area contributed by atoms with Crippen LogP contribution >= 0.6 is 23.4 Å². The molecular weight excluding hydrogens is 226 g/mol. The van der Waals surface area contributed by atoms with Gasteiger partial charge in [-0.3, -0.25) is 0 Å². The van der Waals surface area contributed by atoms with Crippen molar-refractivity contribution in [2.24, 2.45) is 0 Å². The summed E-state index contributed by atoms with van der Waals surface area (Å²) in [5, 5.41) is 4.90. The van der Waals surface area contributed by atoms with E-state index in [0.29, 0.717) is 11.3 Å². The van der Waals surface area contributed by atoms with E-state index in [1.165, 1.54) is 16.9 Å². The molecule has 1 aliphatic heterocycles. The summed E-state index contributed by atoms with van der Waals surface area (Å²) in [7, 11) is 2.02. The highest BCUT2D eigenvalue weighted by Crippen LogP contribution is 2.41. The number of halogens is 1. The molecule has 0 bridgehead atoms. The lowest BCUT2D eigenvalue weighted by atomic mass is 10.1. The Morgan fingerprint density at radius 3 is 3.07 bits per heavy atom. The number of thioether (sulfide) groups is 1. The van der Waals surface area contributed by atoms with Crippen LogP contribution < -0.4 is 5.32 Å². The van der Waals surface area contributed by atoms with Crippen LogP contribution in [0.25, 0.3) is 0 Å². The molecule has 0 spiro atoms. The molecule has 2 unspecified atom stereocenters. The Morgan fingerprint density at radius 2 is 2.40 bits per heavy atom. The lowest BCUT2D eigenvalue weighted by Crippen LogP contribution is -2.25. The highest BCUT2D eigenvalue weighted by Gasteiger charge is 2.24. The molecule has 1 nitrogen and oxygen atoms in total. The Bertz CT molecular complexity index is 353. The molecule has 0 aromatic heterocycles. The molecule has 2 rings (SSSR count). The van der Waals surface area contributed by atoms with Gasteiger partial charge in [0.25, 0.3) is 0 Å². The van der Waals surface area contributed by atoms with E-state index in [1.807, 2.05) is 30.9 Å². The number of hydrogen-bond donors (Lipinski definition) is 1. The lowest BCUT2D eigenvalue weighted by Gasteiger charge is -2.14. The maximum Gasteiger partial charge on any atom is 0.0449 e. The summed E-state index contributed by atoms with van der Waals surface area (Å²) < 4.78 is 0. The number of rotatable bonds is 3. The van der Waals surface area contributed by atoms with E-state index in [-0.39, 0.29) is 0 Å². The van der Waals surface area contributed by atoms with E-state index < -0.39 is 0 Å². The van der Waals surface area contributed by atoms with Gasteiger partial charge in [-0.1, -0.05) is 17.7 Å². The molecule has 0 saturated heterocycles. The fourth-order valence-corrected chi connectivity index (χ4v) is 3.73. The zero-order valence-corrected chi connectivity index (χ0v) is 10.7. The molecule has 82 valence electrons. The van der Waals surface area contributed by atoms with Gasteiger partial charge in [0.2, 0.25) is 0 Å². The van der Waals surface area contributed by atoms with Crippen LogP contribution in [0.15, 0.2) is 23.1 Å². The Hall–Kier alpha value is -0.180. The van der Waals surface area contributed by atoms with Crippen LogP contribution in [-0.2, 0) is 6.42 Å². The van der Waals surface area contributed by atoms with Crippen molar-refractivity contribution >= 4 is 23.4 Å². The Morgan fingerprint density at radius 1 is 1.60 bits per heavy atom. The molecule has 3 heteroatoms. The molecular formula is C12H16ClNS. The van der Waals surface area contributed by atoms with Crippen molar-refractivity contribution in [2.75, 3.05) is 7.05 Å². The molecule has 15 heavy (non-hydrogen) atoms. The molecule has 1 aromatic carbocycles. The van der Waals surface area contributed by atoms with Crippen LogP contribution in [0.5, 0.6) is 0 Å². The Labute approximate surface area is 101 Å². The van der Waals surface area contributed by atoms with Gasteiger partial charge in [0.05, 0.1) is 0 Å². The minimum Gasteiger partial charge on any atom is -0.317 e. The highest BCUT2D eigenvalue weighted by molar-refractivity contribution is 8.00.